The summed E-state index contributed by atoms with van der Waals surface area (Å²) >= 11 is 0. The Hall–Kier alpha value is -0.890. The van der Waals surface area contributed by atoms with Gasteiger partial charge in [-0.3, -0.25) is 0 Å². The molecule has 2 nitrogen and oxygen atoms in total. The van der Waals surface area contributed by atoms with Crippen molar-refractivity contribution in [3.8, 4) is 0 Å². The van der Waals surface area contributed by atoms with E-state index < -0.39 is 0 Å². The number of Topliss-reactive ketones (excluding diaryl/α,β-unsaturated/α-hetero) is 1. The lowest BCUT2D eigenvalue weighted by Crippen LogP contribution is -2.00. The average Bonchev–Trinajstić information content (AvgIpc) is 2.30. The normalized spacial score (nSPS) is 16.8. The van der Waals surface area contributed by atoms with Gasteiger partial charge < -0.3 is 9.90 Å². The van der Waals surface area contributed by atoms with Gasteiger partial charge in [0.2, 0.25) is 0 Å². The highest BCUT2D eigenvalue weighted by Gasteiger charge is 2.10. The number of carbonyl (C=O) groups excluding carboxylic acids is 1. The summed E-state index contributed by atoms with van der Waals surface area (Å²) in [6.45, 7) is 1.72. The number of aliphatic hydroxyl groups excluding tert-OH is 1. The second kappa shape index (κ2) is 7.39. The number of ketones is 1. The van der Waals surface area contributed by atoms with Crippen molar-refractivity contribution in [2.45, 2.75) is 51.9 Å². The molecule has 1 saturated carbocycles. The topological polar surface area (TPSA) is 37.3 Å². The molecule has 0 spiro atoms. The molecule has 0 saturated heterocycles. The zero-order valence-electron chi connectivity index (χ0n) is 10.2. The van der Waals surface area contributed by atoms with E-state index in [0.29, 0.717) is 6.42 Å². The van der Waals surface area contributed by atoms with Crippen molar-refractivity contribution in [1.82, 2.24) is 0 Å². The standard InChI is InChI=1S/C14H22O2/c1-12(16)9-10-14(8-5-11-15)13-6-3-2-4-7-13/h5,8,15H,2-4,6-7,9-11H2,1H3/b8-5+. The Labute approximate surface area is 98.1 Å². The zero-order valence-corrected chi connectivity index (χ0v) is 10.2. The first-order valence-electron chi connectivity index (χ1n) is 6.21. The summed E-state index contributed by atoms with van der Waals surface area (Å²) in [6, 6.07) is 0. The first-order chi connectivity index (χ1) is 7.74. The van der Waals surface area contributed by atoms with E-state index in [9.17, 15) is 4.79 Å². The van der Waals surface area contributed by atoms with E-state index in [1.165, 1.54) is 43.3 Å². The Morgan fingerprint density at radius 1 is 1.25 bits per heavy atom. The minimum absolute atomic E-state index is 0.0802. The second-order valence-electron chi connectivity index (χ2n) is 4.48. The SMILES string of the molecule is CC(=O)CCC(/C=C/CO)=C1CCCCC1. The molecule has 0 aromatic heterocycles. The quantitative estimate of drug-likeness (QED) is 0.775. The van der Waals surface area contributed by atoms with E-state index in [4.69, 9.17) is 5.11 Å². The average molecular weight is 222 g/mol. The molecule has 1 aliphatic carbocycles. The van der Waals surface area contributed by atoms with Crippen LogP contribution in [0.4, 0.5) is 0 Å². The lowest BCUT2D eigenvalue weighted by atomic mass is 9.89. The highest BCUT2D eigenvalue weighted by Crippen LogP contribution is 2.28. The van der Waals surface area contributed by atoms with Crippen molar-refractivity contribution in [2.75, 3.05) is 6.61 Å². The third-order valence-corrected chi connectivity index (χ3v) is 3.08. The van der Waals surface area contributed by atoms with E-state index in [2.05, 4.69) is 0 Å². The molecule has 0 aromatic rings. The molecule has 2 heteroatoms. The number of allylic oxidation sites excluding steroid dienone is 3. The van der Waals surface area contributed by atoms with Crippen LogP contribution in [-0.4, -0.2) is 17.5 Å². The van der Waals surface area contributed by atoms with Gasteiger partial charge in [-0.1, -0.05) is 24.1 Å². The van der Waals surface area contributed by atoms with Crippen LogP contribution in [0.3, 0.4) is 0 Å². The number of aliphatic hydroxyl groups is 1. The molecule has 0 aromatic carbocycles. The lowest BCUT2D eigenvalue weighted by Gasteiger charge is -2.17. The second-order valence-corrected chi connectivity index (χ2v) is 4.48. The Balaban J connectivity index is 2.67. The van der Waals surface area contributed by atoms with Crippen molar-refractivity contribution < 1.29 is 9.90 Å². The summed E-state index contributed by atoms with van der Waals surface area (Å²) in [5.74, 6) is 0.242. The largest absolute Gasteiger partial charge is 0.392 e. The van der Waals surface area contributed by atoms with Crippen LogP contribution in [0.1, 0.15) is 51.9 Å². The summed E-state index contributed by atoms with van der Waals surface area (Å²) in [5.41, 5.74) is 2.78. The van der Waals surface area contributed by atoms with Gasteiger partial charge in [0.15, 0.2) is 0 Å². The molecule has 0 radical (unpaired) electrons. The van der Waals surface area contributed by atoms with Crippen molar-refractivity contribution in [1.29, 1.82) is 0 Å². The fourth-order valence-corrected chi connectivity index (χ4v) is 2.18. The molecule has 1 fully saturated rings. The predicted octanol–water partition coefficient (Wildman–Crippen LogP) is 3.16. The van der Waals surface area contributed by atoms with Crippen LogP contribution < -0.4 is 0 Å². The highest BCUT2D eigenvalue weighted by atomic mass is 16.2. The fraction of sp³-hybridized carbons (Fsp3) is 0.643. The van der Waals surface area contributed by atoms with Crippen LogP contribution in [0.2, 0.25) is 0 Å². The van der Waals surface area contributed by atoms with Crippen molar-refractivity contribution in [2.24, 2.45) is 0 Å². The summed E-state index contributed by atoms with van der Waals surface area (Å²) < 4.78 is 0. The van der Waals surface area contributed by atoms with E-state index in [1.54, 1.807) is 13.0 Å². The highest BCUT2D eigenvalue weighted by molar-refractivity contribution is 5.75. The third kappa shape index (κ3) is 4.75. The van der Waals surface area contributed by atoms with Crippen LogP contribution in [0.5, 0.6) is 0 Å². The van der Waals surface area contributed by atoms with Gasteiger partial charge in [0.05, 0.1) is 6.61 Å². The van der Waals surface area contributed by atoms with Crippen molar-refractivity contribution >= 4 is 5.78 Å². The molecular weight excluding hydrogens is 200 g/mol. The van der Waals surface area contributed by atoms with Gasteiger partial charge in [-0.2, -0.15) is 0 Å². The van der Waals surface area contributed by atoms with E-state index in [1.807, 2.05) is 6.08 Å². The van der Waals surface area contributed by atoms with Crippen LogP contribution in [0, 0.1) is 0 Å². The number of carbonyl (C=O) groups is 1. The Bertz CT molecular complexity index is 279. The van der Waals surface area contributed by atoms with Gasteiger partial charge >= 0.3 is 0 Å². The molecule has 0 amide bonds. The molecule has 0 heterocycles. The maximum atomic E-state index is 11.0. The molecule has 1 N–H and O–H groups in total. The third-order valence-electron chi connectivity index (χ3n) is 3.08. The molecule has 1 rings (SSSR count). The molecular formula is C14H22O2. The van der Waals surface area contributed by atoms with Gasteiger partial charge in [-0.05, 0) is 44.6 Å². The lowest BCUT2D eigenvalue weighted by molar-refractivity contribution is -0.116. The minimum Gasteiger partial charge on any atom is -0.392 e. The molecule has 0 atom stereocenters. The molecule has 0 unspecified atom stereocenters. The Kier molecular flexibility index (Phi) is 6.09. The van der Waals surface area contributed by atoms with Gasteiger partial charge in [0.25, 0.3) is 0 Å². The van der Waals surface area contributed by atoms with Crippen LogP contribution in [0.15, 0.2) is 23.3 Å². The first kappa shape index (κ1) is 13.2. The molecule has 1 aliphatic rings. The van der Waals surface area contributed by atoms with Crippen LogP contribution >= 0.6 is 0 Å². The van der Waals surface area contributed by atoms with E-state index in [0.717, 1.165) is 6.42 Å². The summed E-state index contributed by atoms with van der Waals surface area (Å²) in [5, 5.41) is 8.81. The number of hydrogen-bond acceptors (Lipinski definition) is 2. The molecule has 0 bridgehead atoms. The van der Waals surface area contributed by atoms with Gasteiger partial charge in [-0.15, -0.1) is 0 Å². The Morgan fingerprint density at radius 3 is 2.50 bits per heavy atom. The monoisotopic (exact) mass is 222 g/mol. The Morgan fingerprint density at radius 2 is 1.94 bits per heavy atom. The molecule has 0 aliphatic heterocycles. The molecule has 90 valence electrons. The number of hydrogen-bond donors (Lipinski definition) is 1. The summed E-state index contributed by atoms with van der Waals surface area (Å²) in [7, 11) is 0. The van der Waals surface area contributed by atoms with Gasteiger partial charge in [-0.25, -0.2) is 0 Å². The number of rotatable bonds is 5. The maximum Gasteiger partial charge on any atom is 0.130 e. The molecule has 16 heavy (non-hydrogen) atoms. The van der Waals surface area contributed by atoms with Gasteiger partial charge in [0, 0.05) is 6.42 Å². The van der Waals surface area contributed by atoms with E-state index in [-0.39, 0.29) is 12.4 Å². The maximum absolute atomic E-state index is 11.0. The van der Waals surface area contributed by atoms with E-state index >= 15 is 0 Å². The van der Waals surface area contributed by atoms with Gasteiger partial charge in [0.1, 0.15) is 5.78 Å². The van der Waals surface area contributed by atoms with Crippen molar-refractivity contribution in [3.63, 3.8) is 0 Å². The zero-order chi connectivity index (χ0) is 11.8. The summed E-state index contributed by atoms with van der Waals surface area (Å²) in [4.78, 5) is 11.0. The fourth-order valence-electron chi connectivity index (χ4n) is 2.18. The predicted molar refractivity (Wildman–Crippen MR) is 66.3 cm³/mol. The first-order valence-corrected chi connectivity index (χ1v) is 6.21. The van der Waals surface area contributed by atoms with Crippen LogP contribution in [0.25, 0.3) is 0 Å². The smallest absolute Gasteiger partial charge is 0.130 e. The van der Waals surface area contributed by atoms with Crippen molar-refractivity contribution in [3.05, 3.63) is 23.3 Å². The van der Waals surface area contributed by atoms with Crippen LogP contribution in [-0.2, 0) is 4.79 Å². The minimum atomic E-state index is 0.0802. The summed E-state index contributed by atoms with van der Waals surface area (Å²) in [6.07, 6.45) is 11.4.